The first-order valence-corrected chi connectivity index (χ1v) is 5.28. The van der Waals surface area contributed by atoms with Crippen LogP contribution in [0.2, 0.25) is 0 Å². The van der Waals surface area contributed by atoms with E-state index in [4.69, 9.17) is 6.42 Å². The Labute approximate surface area is 85.1 Å². The molecule has 1 aliphatic heterocycles. The van der Waals surface area contributed by atoms with Gasteiger partial charge in [0.1, 0.15) is 0 Å². The first kappa shape index (κ1) is 9.91. The number of hydrogen-bond acceptors (Lipinski definition) is 2. The van der Waals surface area contributed by atoms with Crippen molar-refractivity contribution in [2.45, 2.75) is 13.0 Å². The number of aliphatic hydroxyl groups is 1. The van der Waals surface area contributed by atoms with Crippen LogP contribution >= 0.6 is 27.7 Å². The lowest BCUT2D eigenvalue weighted by Gasteiger charge is -2.01. The van der Waals surface area contributed by atoms with Crippen LogP contribution in [0.4, 0.5) is 0 Å². The molecule has 1 atom stereocenters. The minimum Gasteiger partial charge on any atom is -0.387 e. The van der Waals surface area contributed by atoms with Gasteiger partial charge >= 0.3 is 0 Å². The molecule has 0 saturated carbocycles. The highest BCUT2D eigenvalue weighted by atomic mass is 79.9. The van der Waals surface area contributed by atoms with Crippen LogP contribution in [-0.2, 0) is 0 Å². The van der Waals surface area contributed by atoms with Crippen LogP contribution in [-0.4, -0.2) is 17.0 Å². The predicted octanol–water partition coefficient (Wildman–Crippen LogP) is 2.28. The van der Waals surface area contributed by atoms with Crippen LogP contribution in [0.5, 0.6) is 0 Å². The summed E-state index contributed by atoms with van der Waals surface area (Å²) < 4.78 is 0.979. The normalized spacial score (nSPS) is 24.5. The second-order valence-corrected chi connectivity index (χ2v) is 4.77. The summed E-state index contributed by atoms with van der Waals surface area (Å²) in [6, 6.07) is 0. The molecule has 0 aliphatic carbocycles. The van der Waals surface area contributed by atoms with E-state index in [9.17, 15) is 5.11 Å². The van der Waals surface area contributed by atoms with Gasteiger partial charge in [0.05, 0.1) is 11.0 Å². The van der Waals surface area contributed by atoms with Gasteiger partial charge in [-0.2, -0.15) is 0 Å². The summed E-state index contributed by atoms with van der Waals surface area (Å²) in [5.74, 6) is 3.24. The zero-order valence-electron chi connectivity index (χ0n) is 6.67. The number of aliphatic hydroxyl groups excluding tert-OH is 1. The molecule has 1 heterocycles. The van der Waals surface area contributed by atoms with Crippen molar-refractivity contribution in [2.75, 3.05) is 5.75 Å². The van der Waals surface area contributed by atoms with E-state index in [1.165, 1.54) is 11.8 Å². The minimum atomic E-state index is -0.409. The molecule has 0 amide bonds. The molecular weight excluding hydrogens is 236 g/mol. The van der Waals surface area contributed by atoms with Gasteiger partial charge in [-0.05, 0) is 17.5 Å². The molecule has 12 heavy (non-hydrogen) atoms. The van der Waals surface area contributed by atoms with Gasteiger partial charge in [0.15, 0.2) is 0 Å². The molecule has 0 aromatic rings. The Morgan fingerprint density at radius 3 is 3.08 bits per heavy atom. The summed E-state index contributed by atoms with van der Waals surface area (Å²) >= 11 is 4.84. The summed E-state index contributed by atoms with van der Waals surface area (Å²) in [5, 5.41) is 9.50. The fraction of sp³-hybridized carbons (Fsp3) is 0.333. The van der Waals surface area contributed by atoms with Crippen molar-refractivity contribution < 1.29 is 5.11 Å². The highest BCUT2D eigenvalue weighted by Gasteiger charge is 2.21. The maximum Gasteiger partial charge on any atom is 0.0901 e. The lowest BCUT2D eigenvalue weighted by molar-refractivity contribution is 0.242. The third-order valence-corrected chi connectivity index (χ3v) is 2.85. The van der Waals surface area contributed by atoms with Crippen LogP contribution in [0.3, 0.4) is 0 Å². The largest absolute Gasteiger partial charge is 0.387 e. The fourth-order valence-electron chi connectivity index (χ4n) is 0.988. The lowest BCUT2D eigenvalue weighted by Crippen LogP contribution is -2.06. The van der Waals surface area contributed by atoms with Gasteiger partial charge in [0.2, 0.25) is 0 Å². The van der Waals surface area contributed by atoms with Gasteiger partial charge < -0.3 is 5.11 Å². The van der Waals surface area contributed by atoms with Gasteiger partial charge in [-0.3, -0.25) is 0 Å². The van der Waals surface area contributed by atoms with Crippen molar-refractivity contribution in [1.82, 2.24) is 0 Å². The van der Waals surface area contributed by atoms with Crippen LogP contribution in [0.1, 0.15) is 6.92 Å². The lowest BCUT2D eigenvalue weighted by atomic mass is 10.1. The van der Waals surface area contributed by atoms with E-state index in [2.05, 4.69) is 21.9 Å². The highest BCUT2D eigenvalue weighted by molar-refractivity contribution is 9.11. The van der Waals surface area contributed by atoms with Crippen LogP contribution in [0, 0.1) is 12.3 Å². The van der Waals surface area contributed by atoms with E-state index >= 15 is 0 Å². The maximum absolute atomic E-state index is 9.50. The molecule has 0 fully saturated rings. The summed E-state index contributed by atoms with van der Waals surface area (Å²) in [7, 11) is 0. The van der Waals surface area contributed by atoms with Crippen LogP contribution in [0.15, 0.2) is 21.0 Å². The molecule has 0 aromatic carbocycles. The Morgan fingerprint density at radius 2 is 2.58 bits per heavy atom. The standard InChI is InChI=1S/C9H9BrOS/c1-3-9-7(4-6(2)10)8(11)5-12-9/h1,4,8,11H,5H2,2H3/b6-4+. The van der Waals surface area contributed by atoms with Crippen molar-refractivity contribution in [3.05, 3.63) is 21.0 Å². The van der Waals surface area contributed by atoms with E-state index in [-0.39, 0.29) is 0 Å². The Bertz CT molecular complexity index is 281. The first-order chi connectivity index (χ1) is 5.65. The number of allylic oxidation sites excluding steroid dienone is 2. The third kappa shape index (κ3) is 2.16. The van der Waals surface area contributed by atoms with E-state index in [1.54, 1.807) is 0 Å². The number of rotatable bonds is 1. The highest BCUT2D eigenvalue weighted by Crippen LogP contribution is 2.32. The molecule has 1 aliphatic rings. The van der Waals surface area contributed by atoms with Gasteiger partial charge in [-0.25, -0.2) is 0 Å². The number of terminal acetylenes is 1. The second kappa shape index (κ2) is 4.18. The predicted molar refractivity (Wildman–Crippen MR) is 57.0 cm³/mol. The molecule has 0 aromatic heterocycles. The molecule has 3 heteroatoms. The van der Waals surface area contributed by atoms with Gasteiger partial charge in [-0.1, -0.05) is 21.9 Å². The molecule has 1 rings (SSSR count). The summed E-state index contributed by atoms with van der Waals surface area (Å²) in [4.78, 5) is 0.848. The molecular formula is C9H9BrOS. The van der Waals surface area contributed by atoms with Crippen molar-refractivity contribution in [3.8, 4) is 12.3 Å². The number of hydrogen-bond donors (Lipinski definition) is 1. The monoisotopic (exact) mass is 244 g/mol. The summed E-state index contributed by atoms with van der Waals surface area (Å²) in [6.07, 6.45) is 6.74. The van der Waals surface area contributed by atoms with E-state index < -0.39 is 6.10 Å². The SMILES string of the molecule is C#CC1=C(/C=C(\C)Br)C(O)CS1. The van der Waals surface area contributed by atoms with Gasteiger partial charge in [0, 0.05) is 11.3 Å². The van der Waals surface area contributed by atoms with E-state index in [1.807, 2.05) is 13.0 Å². The molecule has 0 bridgehead atoms. The Hall–Kier alpha value is -0.170. The average molecular weight is 245 g/mol. The zero-order valence-corrected chi connectivity index (χ0v) is 9.08. The van der Waals surface area contributed by atoms with Crippen molar-refractivity contribution >= 4 is 27.7 Å². The Morgan fingerprint density at radius 1 is 1.92 bits per heavy atom. The molecule has 0 saturated heterocycles. The molecule has 1 nitrogen and oxygen atoms in total. The van der Waals surface area contributed by atoms with Gasteiger partial charge in [0.25, 0.3) is 0 Å². The molecule has 1 unspecified atom stereocenters. The Balaban J connectivity index is 2.98. The van der Waals surface area contributed by atoms with Crippen molar-refractivity contribution in [2.24, 2.45) is 0 Å². The second-order valence-electron chi connectivity index (χ2n) is 2.49. The van der Waals surface area contributed by atoms with Gasteiger partial charge in [-0.15, -0.1) is 18.2 Å². The van der Waals surface area contributed by atoms with Crippen molar-refractivity contribution in [3.63, 3.8) is 0 Å². The molecule has 0 radical (unpaired) electrons. The first-order valence-electron chi connectivity index (χ1n) is 3.50. The fourth-order valence-corrected chi connectivity index (χ4v) is 2.18. The summed E-state index contributed by atoms with van der Waals surface area (Å²) in [5.41, 5.74) is 0.858. The molecule has 0 spiro atoms. The summed E-state index contributed by atoms with van der Waals surface area (Å²) in [6.45, 7) is 1.91. The average Bonchev–Trinajstić information content (AvgIpc) is 2.32. The van der Waals surface area contributed by atoms with Crippen LogP contribution < -0.4 is 0 Å². The van der Waals surface area contributed by atoms with E-state index in [0.29, 0.717) is 5.75 Å². The third-order valence-electron chi connectivity index (χ3n) is 1.49. The Kier molecular flexibility index (Phi) is 3.45. The topological polar surface area (TPSA) is 20.2 Å². The minimum absolute atomic E-state index is 0.409. The number of halogens is 1. The molecule has 64 valence electrons. The quantitative estimate of drug-likeness (QED) is 0.715. The van der Waals surface area contributed by atoms with Crippen molar-refractivity contribution in [1.29, 1.82) is 0 Å². The van der Waals surface area contributed by atoms with E-state index in [0.717, 1.165) is 15.0 Å². The smallest absolute Gasteiger partial charge is 0.0901 e. The molecule has 1 N–H and O–H groups in total. The maximum atomic E-state index is 9.50. The van der Waals surface area contributed by atoms with Crippen LogP contribution in [0.25, 0.3) is 0 Å². The zero-order chi connectivity index (χ0) is 9.14. The number of thioether (sulfide) groups is 1.